The van der Waals surface area contributed by atoms with E-state index in [-0.39, 0.29) is 6.61 Å². The predicted octanol–water partition coefficient (Wildman–Crippen LogP) is 5.83. The zero-order valence-electron chi connectivity index (χ0n) is 39.4. The van der Waals surface area contributed by atoms with Crippen molar-refractivity contribution in [1.29, 1.82) is 0 Å². The molecule has 2 saturated heterocycles. The monoisotopic (exact) mass is 866 g/mol. The molecule has 0 bridgehead atoms. The first-order valence-electron chi connectivity index (χ1n) is 20.8. The van der Waals surface area contributed by atoms with E-state index in [9.17, 15) is 33.6 Å². The lowest BCUT2D eigenvalue weighted by atomic mass is 9.88. The molecule has 0 amide bonds. The summed E-state index contributed by atoms with van der Waals surface area (Å²) in [4.78, 5) is 93.3. The number of hydrogen-bond donors (Lipinski definition) is 0. The molecule has 16 heteroatoms. The number of hydrogen-bond acceptors (Lipinski definition) is 16. The van der Waals surface area contributed by atoms with Gasteiger partial charge in [-0.15, -0.1) is 0 Å². The van der Waals surface area contributed by atoms with Crippen molar-refractivity contribution in [1.82, 2.24) is 0 Å². The molecule has 0 N–H and O–H groups in total. The standard InChI is InChI=1S/C45H70O16/c1-40(2,3)34(47)53-21-23-19-24(57-36(49)42(7,8)9)28-25(20-46)55-32(27(23)28)61-33-31(60-39(52)45(16,17)18)30(59-38(51)44(13,14)15)29(58-37(50)43(10,11)12)26(56-33)22-54-35(48)41(4,5)6/h19-20,24-33H,21-22H2,1-18H3/t24-,25+,26+,27+,28+,29+,30-,31+,32-,33-/m0/s1. The zero-order chi connectivity index (χ0) is 47.0. The van der Waals surface area contributed by atoms with E-state index >= 15 is 0 Å². The van der Waals surface area contributed by atoms with Gasteiger partial charge in [-0.05, 0) is 136 Å². The Morgan fingerprint density at radius 1 is 0.525 bits per heavy atom. The molecule has 10 atom stereocenters. The Balaban J connectivity index is 2.25. The van der Waals surface area contributed by atoms with E-state index in [1.165, 1.54) is 0 Å². The molecule has 61 heavy (non-hydrogen) atoms. The van der Waals surface area contributed by atoms with Crippen LogP contribution in [-0.2, 0) is 76.2 Å². The van der Waals surface area contributed by atoms with E-state index in [0.29, 0.717) is 11.9 Å². The van der Waals surface area contributed by atoms with E-state index in [2.05, 4.69) is 0 Å². The Morgan fingerprint density at radius 2 is 0.934 bits per heavy atom. The van der Waals surface area contributed by atoms with Gasteiger partial charge < -0.3 is 47.4 Å². The molecule has 16 nitrogen and oxygen atoms in total. The minimum Gasteiger partial charge on any atom is -0.462 e. The van der Waals surface area contributed by atoms with Crippen LogP contribution in [0.5, 0.6) is 0 Å². The summed E-state index contributed by atoms with van der Waals surface area (Å²) in [5.41, 5.74) is -5.67. The third kappa shape index (κ3) is 13.1. The molecule has 2 heterocycles. The summed E-state index contributed by atoms with van der Waals surface area (Å²) in [6.07, 6.45) is -9.43. The van der Waals surface area contributed by atoms with E-state index in [0.717, 1.165) is 0 Å². The molecule has 0 saturated carbocycles. The number of carbonyl (C=O) groups excluding carboxylic acids is 7. The average molecular weight is 867 g/mol. The van der Waals surface area contributed by atoms with Gasteiger partial charge in [0, 0.05) is 11.8 Å². The minimum absolute atomic E-state index is 0.286. The van der Waals surface area contributed by atoms with Crippen molar-refractivity contribution in [3.05, 3.63) is 11.6 Å². The molecule has 2 fully saturated rings. The van der Waals surface area contributed by atoms with Crippen LogP contribution < -0.4 is 0 Å². The molecule has 346 valence electrons. The van der Waals surface area contributed by atoms with Gasteiger partial charge in [-0.25, -0.2) is 0 Å². The molecule has 0 radical (unpaired) electrons. The third-order valence-electron chi connectivity index (χ3n) is 9.95. The summed E-state index contributed by atoms with van der Waals surface area (Å²) in [5.74, 6) is -5.77. The first kappa shape index (κ1) is 51.5. The second-order valence-electron chi connectivity index (χ2n) is 22.3. The highest BCUT2D eigenvalue weighted by Crippen LogP contribution is 2.48. The van der Waals surface area contributed by atoms with Crippen LogP contribution in [0.1, 0.15) is 125 Å². The van der Waals surface area contributed by atoms with Gasteiger partial charge in [-0.2, -0.15) is 0 Å². The van der Waals surface area contributed by atoms with Crippen molar-refractivity contribution < 1.29 is 76.2 Å². The number of fused-ring (bicyclic) bond motifs is 1. The quantitative estimate of drug-likeness (QED) is 0.104. The number of rotatable bonds is 11. The highest BCUT2D eigenvalue weighted by atomic mass is 16.8. The molecule has 0 aromatic heterocycles. The van der Waals surface area contributed by atoms with E-state index in [1.807, 2.05) is 0 Å². The van der Waals surface area contributed by atoms with Gasteiger partial charge in [0.25, 0.3) is 0 Å². The molecule has 0 unspecified atom stereocenters. The predicted molar refractivity (Wildman–Crippen MR) is 218 cm³/mol. The summed E-state index contributed by atoms with van der Waals surface area (Å²) in [5, 5.41) is 0. The molecule has 3 aliphatic rings. The second-order valence-corrected chi connectivity index (χ2v) is 22.3. The Hall–Kier alpha value is -3.89. The normalized spacial score (nSPS) is 28.5. The smallest absolute Gasteiger partial charge is 0.311 e. The van der Waals surface area contributed by atoms with Crippen molar-refractivity contribution in [3.63, 3.8) is 0 Å². The van der Waals surface area contributed by atoms with Gasteiger partial charge in [0.2, 0.25) is 6.29 Å². The highest BCUT2D eigenvalue weighted by molar-refractivity contribution is 5.78. The lowest BCUT2D eigenvalue weighted by molar-refractivity contribution is -0.342. The largest absolute Gasteiger partial charge is 0.462 e. The average Bonchev–Trinajstić information content (AvgIpc) is 3.63. The van der Waals surface area contributed by atoms with Gasteiger partial charge in [0.1, 0.15) is 37.8 Å². The van der Waals surface area contributed by atoms with Gasteiger partial charge >= 0.3 is 35.8 Å². The summed E-state index contributed by atoms with van der Waals surface area (Å²) in [7, 11) is 0. The molecule has 0 spiro atoms. The van der Waals surface area contributed by atoms with Crippen LogP contribution in [0.25, 0.3) is 0 Å². The number of aldehydes is 1. The van der Waals surface area contributed by atoms with Crippen molar-refractivity contribution >= 4 is 42.1 Å². The zero-order valence-corrected chi connectivity index (χ0v) is 39.4. The van der Waals surface area contributed by atoms with E-state index < -0.39 is 136 Å². The fourth-order valence-corrected chi connectivity index (χ4v) is 6.06. The Kier molecular flexibility index (Phi) is 15.6. The Bertz CT molecular complexity index is 1690. The fraction of sp³-hybridized carbons (Fsp3) is 0.800. The Morgan fingerprint density at radius 3 is 1.38 bits per heavy atom. The highest BCUT2D eigenvalue weighted by Gasteiger charge is 2.60. The van der Waals surface area contributed by atoms with Crippen LogP contribution >= 0.6 is 0 Å². The fourth-order valence-electron chi connectivity index (χ4n) is 6.06. The third-order valence-corrected chi connectivity index (χ3v) is 9.95. The van der Waals surface area contributed by atoms with E-state index in [1.54, 1.807) is 131 Å². The van der Waals surface area contributed by atoms with Gasteiger partial charge in [-0.3, -0.25) is 28.8 Å². The molecule has 0 aromatic rings. The summed E-state index contributed by atoms with van der Waals surface area (Å²) in [6, 6.07) is 0. The first-order valence-corrected chi connectivity index (χ1v) is 20.8. The minimum atomic E-state index is -1.71. The SMILES string of the molecule is CC(C)(C)C(=O)OCC1=C[C@H](OC(=O)C(C)(C)C)[C@H]2[C@@H]1[C@H](O[C@@H]1O[C@H](COC(=O)C(C)(C)C)[C@@H](OC(=O)C(C)(C)C)[C@H](OC(=O)C(C)(C)C)[C@H]1OC(=O)C(C)(C)C)O[C@@H]2C=O. The van der Waals surface area contributed by atoms with Crippen molar-refractivity contribution in [2.75, 3.05) is 13.2 Å². The molecule has 3 rings (SSSR count). The maximum atomic E-state index is 13.8. The molecular weight excluding hydrogens is 796 g/mol. The molecular formula is C45H70O16. The summed E-state index contributed by atoms with van der Waals surface area (Å²) >= 11 is 0. The lowest BCUT2D eigenvalue weighted by Gasteiger charge is -2.46. The van der Waals surface area contributed by atoms with Gasteiger partial charge in [0.05, 0.1) is 32.5 Å². The first-order chi connectivity index (χ1) is 27.5. The maximum Gasteiger partial charge on any atom is 0.311 e. The molecule has 0 aromatic carbocycles. The number of carbonyl (C=O) groups is 7. The van der Waals surface area contributed by atoms with Crippen LogP contribution in [-0.4, -0.2) is 105 Å². The van der Waals surface area contributed by atoms with Crippen LogP contribution in [0, 0.1) is 44.3 Å². The lowest BCUT2D eigenvalue weighted by Crippen LogP contribution is -2.64. The van der Waals surface area contributed by atoms with Crippen molar-refractivity contribution in [2.24, 2.45) is 44.3 Å². The van der Waals surface area contributed by atoms with Crippen LogP contribution in [0.3, 0.4) is 0 Å². The number of esters is 6. The summed E-state index contributed by atoms with van der Waals surface area (Å²) in [6.45, 7) is 28.7. The second kappa shape index (κ2) is 18.4. The maximum absolute atomic E-state index is 13.8. The Labute approximate surface area is 360 Å². The van der Waals surface area contributed by atoms with Crippen molar-refractivity contribution in [2.45, 2.75) is 174 Å². The van der Waals surface area contributed by atoms with Crippen LogP contribution in [0.15, 0.2) is 11.6 Å². The number of ether oxygens (including phenoxy) is 9. The van der Waals surface area contributed by atoms with Gasteiger partial charge in [-0.1, -0.05) is 0 Å². The topological polar surface area (TPSA) is 203 Å². The molecule has 1 aliphatic carbocycles. The van der Waals surface area contributed by atoms with Crippen LogP contribution in [0.2, 0.25) is 0 Å². The van der Waals surface area contributed by atoms with Gasteiger partial charge in [0.15, 0.2) is 24.6 Å². The van der Waals surface area contributed by atoms with Crippen LogP contribution in [0.4, 0.5) is 0 Å². The van der Waals surface area contributed by atoms with Crippen molar-refractivity contribution in [3.8, 4) is 0 Å². The summed E-state index contributed by atoms with van der Waals surface area (Å²) < 4.78 is 54.9. The van der Waals surface area contributed by atoms with E-state index in [4.69, 9.17) is 42.6 Å². The molecule has 2 aliphatic heterocycles.